The molecular formula is C23H33N3O4. The van der Waals surface area contributed by atoms with Gasteiger partial charge in [0.2, 0.25) is 17.7 Å². The number of nitrogens with zero attached hydrogens (tertiary/aromatic N) is 1. The molecule has 2 saturated heterocycles. The highest BCUT2D eigenvalue weighted by atomic mass is 16.5. The Morgan fingerprint density at radius 1 is 1.10 bits per heavy atom. The number of hydrogen-bond acceptors (Lipinski definition) is 4. The van der Waals surface area contributed by atoms with Crippen molar-refractivity contribution in [3.8, 4) is 0 Å². The monoisotopic (exact) mass is 415 g/mol. The molecule has 2 N–H and O–H groups in total. The molecule has 5 aliphatic rings. The zero-order valence-electron chi connectivity index (χ0n) is 17.9. The van der Waals surface area contributed by atoms with Crippen LogP contribution in [0.25, 0.3) is 0 Å². The van der Waals surface area contributed by atoms with E-state index >= 15 is 0 Å². The van der Waals surface area contributed by atoms with Gasteiger partial charge in [-0.15, -0.1) is 0 Å². The second-order valence-corrected chi connectivity index (χ2v) is 10.2. The van der Waals surface area contributed by atoms with Crippen molar-refractivity contribution >= 4 is 17.7 Å². The third-order valence-electron chi connectivity index (χ3n) is 7.36. The Bertz CT molecular complexity index is 770. The van der Waals surface area contributed by atoms with Crippen molar-refractivity contribution in [2.75, 3.05) is 6.54 Å². The summed E-state index contributed by atoms with van der Waals surface area (Å²) in [5.74, 6) is -1.31. The lowest BCUT2D eigenvalue weighted by Gasteiger charge is -2.34. The summed E-state index contributed by atoms with van der Waals surface area (Å²) >= 11 is 0. The van der Waals surface area contributed by atoms with E-state index in [0.717, 1.165) is 38.5 Å². The maximum absolute atomic E-state index is 13.6. The van der Waals surface area contributed by atoms with Gasteiger partial charge in [-0.05, 0) is 31.6 Å². The van der Waals surface area contributed by atoms with Crippen LogP contribution >= 0.6 is 0 Å². The summed E-state index contributed by atoms with van der Waals surface area (Å²) in [6.45, 7) is 4.57. The van der Waals surface area contributed by atoms with Gasteiger partial charge in [-0.1, -0.05) is 45.3 Å². The van der Waals surface area contributed by atoms with Gasteiger partial charge >= 0.3 is 0 Å². The van der Waals surface area contributed by atoms with Gasteiger partial charge in [0, 0.05) is 18.6 Å². The van der Waals surface area contributed by atoms with Crippen molar-refractivity contribution in [1.29, 1.82) is 0 Å². The van der Waals surface area contributed by atoms with E-state index in [1.165, 1.54) is 6.42 Å². The normalized spacial score (nSPS) is 37.7. The SMILES string of the molecule is CC(C)CN1C(=O)C2C(C(=O)NC3CC3)C3C=CC2(O3)C1C(=O)NC1CCCCC1. The van der Waals surface area contributed by atoms with Crippen LogP contribution in [0.5, 0.6) is 0 Å². The molecule has 2 aliphatic carbocycles. The molecule has 1 spiro atoms. The summed E-state index contributed by atoms with van der Waals surface area (Å²) in [6, 6.07) is -0.321. The first-order valence-electron chi connectivity index (χ1n) is 11.7. The molecule has 3 aliphatic heterocycles. The quantitative estimate of drug-likeness (QED) is 0.644. The summed E-state index contributed by atoms with van der Waals surface area (Å²) in [6.07, 6.45) is 10.8. The molecule has 5 rings (SSSR count). The van der Waals surface area contributed by atoms with E-state index in [0.29, 0.717) is 6.54 Å². The van der Waals surface area contributed by atoms with E-state index in [9.17, 15) is 14.4 Å². The third-order valence-corrected chi connectivity index (χ3v) is 7.36. The first-order chi connectivity index (χ1) is 14.4. The number of carbonyl (C=O) groups excluding carboxylic acids is 3. The molecule has 4 fully saturated rings. The summed E-state index contributed by atoms with van der Waals surface area (Å²) < 4.78 is 6.33. The van der Waals surface area contributed by atoms with E-state index in [4.69, 9.17) is 4.74 Å². The number of fused-ring (bicyclic) bond motifs is 1. The number of ether oxygens (including phenoxy) is 1. The highest BCUT2D eigenvalue weighted by Crippen LogP contribution is 2.55. The molecule has 0 radical (unpaired) electrons. The lowest BCUT2D eigenvalue weighted by Crippen LogP contribution is -2.57. The predicted octanol–water partition coefficient (Wildman–Crippen LogP) is 1.52. The predicted molar refractivity (Wildman–Crippen MR) is 110 cm³/mol. The van der Waals surface area contributed by atoms with Crippen molar-refractivity contribution in [1.82, 2.24) is 15.5 Å². The molecule has 3 amide bonds. The van der Waals surface area contributed by atoms with Gasteiger partial charge < -0.3 is 20.3 Å². The third kappa shape index (κ3) is 3.17. The first-order valence-corrected chi connectivity index (χ1v) is 11.7. The highest BCUT2D eigenvalue weighted by molar-refractivity contribution is 6.00. The smallest absolute Gasteiger partial charge is 0.246 e. The number of rotatable bonds is 6. The van der Waals surface area contributed by atoms with Crippen LogP contribution in [0.2, 0.25) is 0 Å². The second-order valence-electron chi connectivity index (χ2n) is 10.2. The minimum atomic E-state index is -1.03. The standard InChI is InChI=1S/C23H33N3O4/c1-13(2)12-26-19(21(28)25-14-6-4-3-5-7-14)23-11-10-16(30-23)17(18(23)22(26)29)20(27)24-15-8-9-15/h10-11,13-19H,3-9,12H2,1-2H3,(H,24,27)(H,25,28). The Morgan fingerprint density at radius 2 is 1.77 bits per heavy atom. The van der Waals surface area contributed by atoms with Crippen LogP contribution in [-0.2, 0) is 19.1 Å². The molecule has 0 aromatic rings. The van der Waals surface area contributed by atoms with Crippen LogP contribution in [-0.4, -0.2) is 59.0 Å². The first kappa shape index (κ1) is 20.0. The van der Waals surface area contributed by atoms with E-state index in [1.54, 1.807) is 4.90 Å². The second kappa shape index (κ2) is 7.36. The highest BCUT2D eigenvalue weighted by Gasteiger charge is 2.72. The van der Waals surface area contributed by atoms with Gasteiger partial charge in [-0.2, -0.15) is 0 Å². The Hall–Kier alpha value is -1.89. The Morgan fingerprint density at radius 3 is 2.43 bits per heavy atom. The average Bonchev–Trinajstić information content (AvgIpc) is 3.25. The van der Waals surface area contributed by atoms with E-state index < -0.39 is 29.6 Å². The average molecular weight is 416 g/mol. The molecule has 0 aromatic heterocycles. The molecule has 2 bridgehead atoms. The zero-order chi connectivity index (χ0) is 21.0. The zero-order valence-corrected chi connectivity index (χ0v) is 17.9. The van der Waals surface area contributed by atoms with Gasteiger partial charge in [0.05, 0.1) is 17.9 Å². The van der Waals surface area contributed by atoms with Crippen molar-refractivity contribution in [2.45, 2.75) is 88.6 Å². The summed E-state index contributed by atoms with van der Waals surface area (Å²) in [5.41, 5.74) is -1.03. The van der Waals surface area contributed by atoms with Crippen molar-refractivity contribution in [3.63, 3.8) is 0 Å². The van der Waals surface area contributed by atoms with Crippen LogP contribution in [0.3, 0.4) is 0 Å². The number of carbonyl (C=O) groups is 3. The molecule has 2 saturated carbocycles. The molecule has 30 heavy (non-hydrogen) atoms. The van der Waals surface area contributed by atoms with Crippen molar-refractivity contribution in [2.24, 2.45) is 17.8 Å². The van der Waals surface area contributed by atoms with Gasteiger partial charge in [0.15, 0.2) is 0 Å². The fourth-order valence-corrected chi connectivity index (χ4v) is 5.91. The van der Waals surface area contributed by atoms with E-state index in [2.05, 4.69) is 10.6 Å². The molecule has 7 heteroatoms. The van der Waals surface area contributed by atoms with E-state index in [-0.39, 0.29) is 35.7 Å². The fourth-order valence-electron chi connectivity index (χ4n) is 5.91. The lowest BCUT2D eigenvalue weighted by molar-refractivity contribution is -0.142. The topological polar surface area (TPSA) is 87.7 Å². The molecule has 0 aromatic carbocycles. The van der Waals surface area contributed by atoms with E-state index in [1.807, 2.05) is 26.0 Å². The molecular weight excluding hydrogens is 382 g/mol. The van der Waals surface area contributed by atoms with Gasteiger partial charge in [0.1, 0.15) is 11.6 Å². The number of hydrogen-bond donors (Lipinski definition) is 2. The molecule has 7 nitrogen and oxygen atoms in total. The maximum Gasteiger partial charge on any atom is 0.246 e. The van der Waals surface area contributed by atoms with Gasteiger partial charge in [-0.25, -0.2) is 0 Å². The minimum absolute atomic E-state index is 0.107. The molecule has 5 atom stereocenters. The van der Waals surface area contributed by atoms with Crippen molar-refractivity contribution in [3.05, 3.63) is 12.2 Å². The molecule has 5 unspecified atom stereocenters. The van der Waals surface area contributed by atoms with Gasteiger partial charge in [0.25, 0.3) is 0 Å². The van der Waals surface area contributed by atoms with Gasteiger partial charge in [-0.3, -0.25) is 14.4 Å². The number of amides is 3. The minimum Gasteiger partial charge on any atom is -0.359 e. The Balaban J connectivity index is 1.44. The fraction of sp³-hybridized carbons (Fsp3) is 0.783. The summed E-state index contributed by atoms with van der Waals surface area (Å²) in [4.78, 5) is 41.8. The van der Waals surface area contributed by atoms with Crippen LogP contribution in [0.15, 0.2) is 12.2 Å². The maximum atomic E-state index is 13.6. The van der Waals surface area contributed by atoms with Crippen LogP contribution in [0.1, 0.15) is 58.8 Å². The number of likely N-dealkylation sites (tertiary alicyclic amines) is 1. The summed E-state index contributed by atoms with van der Waals surface area (Å²) in [7, 11) is 0. The van der Waals surface area contributed by atoms with Crippen LogP contribution in [0.4, 0.5) is 0 Å². The Kier molecular flexibility index (Phi) is 4.92. The van der Waals surface area contributed by atoms with Crippen LogP contribution in [0, 0.1) is 17.8 Å². The molecule has 164 valence electrons. The van der Waals surface area contributed by atoms with Crippen molar-refractivity contribution < 1.29 is 19.1 Å². The Labute approximate surface area is 178 Å². The largest absolute Gasteiger partial charge is 0.359 e. The van der Waals surface area contributed by atoms with Crippen LogP contribution < -0.4 is 10.6 Å². The summed E-state index contributed by atoms with van der Waals surface area (Å²) in [5, 5.41) is 6.27. The lowest BCUT2D eigenvalue weighted by atomic mass is 9.74. The number of nitrogens with one attached hydrogen (secondary N) is 2. The molecule has 3 heterocycles.